The number of hydrogen-bond acceptors (Lipinski definition) is 5. The summed E-state index contributed by atoms with van der Waals surface area (Å²) in [6.07, 6.45) is -1.02. The van der Waals surface area contributed by atoms with Crippen LogP contribution >= 0.6 is 0 Å². The molecule has 0 amide bonds. The van der Waals surface area contributed by atoms with Gasteiger partial charge in [-0.1, -0.05) is 55.5 Å². The van der Waals surface area contributed by atoms with E-state index in [9.17, 15) is 14.7 Å². The van der Waals surface area contributed by atoms with E-state index in [4.69, 9.17) is 15.6 Å². The van der Waals surface area contributed by atoms with Gasteiger partial charge in [0, 0.05) is 18.4 Å². The van der Waals surface area contributed by atoms with Crippen molar-refractivity contribution in [3.63, 3.8) is 0 Å². The molecule has 0 heterocycles. The van der Waals surface area contributed by atoms with Gasteiger partial charge < -0.3 is 20.7 Å². The van der Waals surface area contributed by atoms with Gasteiger partial charge in [-0.3, -0.25) is 9.59 Å². The monoisotopic (exact) mass is 397 g/mol. The number of hydrogen-bond donors (Lipinski definition) is 3. The number of rotatable bonds is 9. The van der Waals surface area contributed by atoms with Crippen LogP contribution in [0.5, 0.6) is 0 Å². The molecule has 6 nitrogen and oxygen atoms in total. The summed E-state index contributed by atoms with van der Waals surface area (Å²) in [5.74, 6) is -1.53. The highest BCUT2D eigenvalue weighted by Gasteiger charge is 2.29. The van der Waals surface area contributed by atoms with E-state index in [0.717, 1.165) is 11.1 Å². The van der Waals surface area contributed by atoms with Gasteiger partial charge in [0.15, 0.2) is 0 Å². The molecule has 0 saturated carbocycles. The summed E-state index contributed by atoms with van der Waals surface area (Å²) in [5.41, 5.74) is 10.5. The predicted molar refractivity (Wildman–Crippen MR) is 109 cm³/mol. The Kier molecular flexibility index (Phi) is 6.67. The van der Waals surface area contributed by atoms with Gasteiger partial charge in [-0.25, -0.2) is 0 Å². The molecule has 0 spiro atoms. The molecule has 0 aromatic heterocycles. The van der Waals surface area contributed by atoms with Crippen molar-refractivity contribution in [3.05, 3.63) is 59.7 Å². The fourth-order valence-corrected chi connectivity index (χ4v) is 3.99. The van der Waals surface area contributed by atoms with Gasteiger partial charge in [0.25, 0.3) is 0 Å². The largest absolute Gasteiger partial charge is 0.481 e. The molecule has 0 unspecified atom stereocenters. The van der Waals surface area contributed by atoms with Crippen LogP contribution in [0, 0.1) is 5.92 Å². The minimum atomic E-state index is -1.13. The second-order valence-corrected chi connectivity index (χ2v) is 7.78. The normalized spacial score (nSPS) is 15.8. The number of ether oxygens (including phenoxy) is 1. The fourth-order valence-electron chi connectivity index (χ4n) is 3.99. The lowest BCUT2D eigenvalue weighted by molar-refractivity contribution is -0.145. The van der Waals surface area contributed by atoms with Gasteiger partial charge in [-0.05, 0) is 34.6 Å². The van der Waals surface area contributed by atoms with E-state index in [-0.39, 0.29) is 30.8 Å². The minimum Gasteiger partial charge on any atom is -0.481 e. The van der Waals surface area contributed by atoms with Crippen molar-refractivity contribution in [2.45, 2.75) is 44.2 Å². The molecule has 3 rings (SSSR count). The molecular formula is C23H27NO5. The van der Waals surface area contributed by atoms with Crippen LogP contribution < -0.4 is 5.73 Å². The molecule has 4 N–H and O–H groups in total. The molecule has 0 bridgehead atoms. The molecule has 3 atom stereocenters. The molecule has 1 aliphatic rings. The van der Waals surface area contributed by atoms with Crippen molar-refractivity contribution in [1.29, 1.82) is 0 Å². The highest BCUT2D eigenvalue weighted by Crippen LogP contribution is 2.44. The van der Waals surface area contributed by atoms with E-state index >= 15 is 0 Å². The van der Waals surface area contributed by atoms with Gasteiger partial charge in [-0.15, -0.1) is 0 Å². The van der Waals surface area contributed by atoms with Crippen molar-refractivity contribution in [2.75, 3.05) is 6.61 Å². The minimum absolute atomic E-state index is 0.0151. The van der Waals surface area contributed by atoms with Gasteiger partial charge >= 0.3 is 11.9 Å². The van der Waals surface area contributed by atoms with Crippen molar-refractivity contribution < 1.29 is 24.5 Å². The fraction of sp³-hybridized carbons (Fsp3) is 0.391. The lowest BCUT2D eigenvalue weighted by atomic mass is 9.94. The molecule has 154 valence electrons. The lowest BCUT2D eigenvalue weighted by Gasteiger charge is -2.21. The predicted octanol–water partition coefficient (Wildman–Crippen LogP) is 2.92. The maximum absolute atomic E-state index is 12.3. The summed E-state index contributed by atoms with van der Waals surface area (Å²) < 4.78 is 5.58. The third-order valence-corrected chi connectivity index (χ3v) is 5.44. The zero-order chi connectivity index (χ0) is 21.0. The molecule has 29 heavy (non-hydrogen) atoms. The second-order valence-electron chi connectivity index (χ2n) is 7.78. The molecule has 1 aliphatic carbocycles. The summed E-state index contributed by atoms with van der Waals surface area (Å²) in [7, 11) is 0. The maximum atomic E-state index is 12.3. The number of carbonyl (C=O) groups is 2. The van der Waals surface area contributed by atoms with Crippen LogP contribution in [-0.2, 0) is 14.3 Å². The summed E-state index contributed by atoms with van der Waals surface area (Å²) in [4.78, 5) is 23.0. The number of benzene rings is 2. The summed E-state index contributed by atoms with van der Waals surface area (Å²) in [6.45, 7) is 2.11. The SMILES string of the molecule is C[C@H](CC(=O)OCC1c2ccccc2-c2ccccc21)C[C@@H](N)[C@H](O)CC(=O)O. The van der Waals surface area contributed by atoms with E-state index in [1.165, 1.54) is 11.1 Å². The Labute approximate surface area is 170 Å². The van der Waals surface area contributed by atoms with E-state index in [2.05, 4.69) is 24.3 Å². The van der Waals surface area contributed by atoms with Crippen LogP contribution in [0.1, 0.15) is 43.2 Å². The Morgan fingerprint density at radius 3 is 2.14 bits per heavy atom. The zero-order valence-corrected chi connectivity index (χ0v) is 16.5. The second kappa shape index (κ2) is 9.20. The molecule has 0 fully saturated rings. The first-order chi connectivity index (χ1) is 13.9. The first kappa shape index (κ1) is 21.0. The third-order valence-electron chi connectivity index (χ3n) is 5.44. The highest BCUT2D eigenvalue weighted by atomic mass is 16.5. The number of aliphatic hydroxyl groups excluding tert-OH is 1. The average Bonchev–Trinajstić information content (AvgIpc) is 2.99. The van der Waals surface area contributed by atoms with Gasteiger partial charge in [-0.2, -0.15) is 0 Å². The van der Waals surface area contributed by atoms with Crippen molar-refractivity contribution in [1.82, 2.24) is 0 Å². The van der Waals surface area contributed by atoms with E-state index in [1.807, 2.05) is 31.2 Å². The Balaban J connectivity index is 1.55. The molecule has 2 aromatic rings. The van der Waals surface area contributed by atoms with Crippen molar-refractivity contribution in [3.8, 4) is 11.1 Å². The van der Waals surface area contributed by atoms with Crippen LogP contribution in [0.15, 0.2) is 48.5 Å². The Morgan fingerprint density at radius 2 is 1.59 bits per heavy atom. The standard InChI is InChI=1S/C23H27NO5/c1-14(10-20(24)21(25)12-22(26)27)11-23(28)29-13-19-17-8-4-2-6-15(17)16-7-3-5-9-18(16)19/h2-9,14,19-21,25H,10-13,24H2,1H3,(H,26,27)/t14-,20+,21+/m0/s1. The summed E-state index contributed by atoms with van der Waals surface area (Å²) in [5, 5.41) is 18.5. The molecule has 6 heteroatoms. The Bertz CT molecular complexity index is 836. The zero-order valence-electron chi connectivity index (χ0n) is 16.5. The quantitative estimate of drug-likeness (QED) is 0.561. The Morgan fingerprint density at radius 1 is 1.03 bits per heavy atom. The number of carboxylic acids is 1. The van der Waals surface area contributed by atoms with E-state index < -0.39 is 24.5 Å². The summed E-state index contributed by atoms with van der Waals surface area (Å²) >= 11 is 0. The van der Waals surface area contributed by atoms with Crippen LogP contribution in [0.25, 0.3) is 11.1 Å². The van der Waals surface area contributed by atoms with Crippen molar-refractivity contribution in [2.24, 2.45) is 11.7 Å². The third kappa shape index (κ3) is 5.02. The van der Waals surface area contributed by atoms with Gasteiger partial charge in [0.2, 0.25) is 0 Å². The van der Waals surface area contributed by atoms with Crippen LogP contribution in [-0.4, -0.2) is 40.9 Å². The number of carboxylic acid groups (broad SMARTS) is 1. The molecule has 0 aliphatic heterocycles. The lowest BCUT2D eigenvalue weighted by Crippen LogP contribution is -2.37. The number of aliphatic carboxylic acids is 1. The smallest absolute Gasteiger partial charge is 0.306 e. The molecular weight excluding hydrogens is 370 g/mol. The van der Waals surface area contributed by atoms with E-state index in [0.29, 0.717) is 6.42 Å². The topological polar surface area (TPSA) is 110 Å². The molecule has 0 radical (unpaired) electrons. The van der Waals surface area contributed by atoms with Crippen LogP contribution in [0.3, 0.4) is 0 Å². The number of esters is 1. The number of carbonyl (C=O) groups excluding carboxylic acids is 1. The first-order valence-electron chi connectivity index (χ1n) is 9.86. The number of nitrogens with two attached hydrogens (primary N) is 1. The first-order valence-corrected chi connectivity index (χ1v) is 9.86. The summed E-state index contributed by atoms with van der Waals surface area (Å²) in [6, 6.07) is 15.6. The number of fused-ring (bicyclic) bond motifs is 3. The number of aliphatic hydroxyl groups is 1. The van der Waals surface area contributed by atoms with Crippen LogP contribution in [0.2, 0.25) is 0 Å². The van der Waals surface area contributed by atoms with Gasteiger partial charge in [0.1, 0.15) is 6.61 Å². The molecule has 2 aromatic carbocycles. The van der Waals surface area contributed by atoms with Crippen molar-refractivity contribution >= 4 is 11.9 Å². The average molecular weight is 397 g/mol. The van der Waals surface area contributed by atoms with Gasteiger partial charge in [0.05, 0.1) is 12.5 Å². The Hall–Kier alpha value is -2.70. The van der Waals surface area contributed by atoms with Crippen LogP contribution in [0.4, 0.5) is 0 Å². The maximum Gasteiger partial charge on any atom is 0.306 e. The molecule has 0 saturated heterocycles. The highest BCUT2D eigenvalue weighted by molar-refractivity contribution is 5.79. The van der Waals surface area contributed by atoms with E-state index in [1.54, 1.807) is 0 Å².